The third kappa shape index (κ3) is 8.68. The second kappa shape index (κ2) is 14.5. The molecular weight excluding hydrogens is 723 g/mol. The van der Waals surface area contributed by atoms with E-state index in [2.05, 4.69) is 72.0 Å². The standard InChI is InChI=1S/C37H65N7O6Si3/c1-35(2,3)53(12,13)49-22-28-26(18-36(4,5)51(8,9)47)27(19-37(6,7)52(10,11)48)32(50-28)43-23-38-29-30(40-25-16-14-15-17-25)41-34(42-31(29)43)44-21-24(20-39-44)33(45)46/h20-21,23,25-28,32,47-48H,14-19,22H2,1-13H3,(H,45,46)(H,40,41,42)/t26-,27+,28+,32+/m0/s1. The minimum atomic E-state index is -2.67. The van der Waals surface area contributed by atoms with Gasteiger partial charge in [0, 0.05) is 18.2 Å². The predicted octanol–water partition coefficient (Wildman–Crippen LogP) is 7.95. The Morgan fingerprint density at radius 2 is 1.53 bits per heavy atom. The summed E-state index contributed by atoms with van der Waals surface area (Å²) < 4.78 is 17.5. The van der Waals surface area contributed by atoms with Gasteiger partial charge in [0.15, 0.2) is 41.9 Å². The smallest absolute Gasteiger partial charge is 0.338 e. The maximum Gasteiger partial charge on any atom is 0.338 e. The zero-order valence-corrected chi connectivity index (χ0v) is 37.3. The normalized spacial score (nSPS) is 22.6. The topological polar surface area (TPSA) is 170 Å². The Labute approximate surface area is 318 Å². The van der Waals surface area contributed by atoms with Crippen LogP contribution in [-0.4, -0.2) is 93.7 Å². The lowest BCUT2D eigenvalue weighted by Crippen LogP contribution is -2.46. The molecular formula is C37H65N7O6Si3. The molecule has 0 aromatic carbocycles. The first-order chi connectivity index (χ1) is 24.2. The molecule has 1 aliphatic carbocycles. The number of carbonyl (C=O) groups is 1. The van der Waals surface area contributed by atoms with Crippen molar-refractivity contribution >= 4 is 47.9 Å². The van der Waals surface area contributed by atoms with Crippen LogP contribution in [0.25, 0.3) is 17.1 Å². The second-order valence-electron chi connectivity index (χ2n) is 19.6. The van der Waals surface area contributed by atoms with E-state index in [9.17, 15) is 19.5 Å². The molecule has 1 aliphatic heterocycles. The number of imidazole rings is 1. The summed E-state index contributed by atoms with van der Waals surface area (Å²) in [4.78, 5) is 49.7. The highest BCUT2D eigenvalue weighted by Crippen LogP contribution is 2.56. The number of aromatic carboxylic acids is 1. The molecule has 5 rings (SSSR count). The minimum Gasteiger partial charge on any atom is -0.478 e. The molecule has 4 N–H and O–H groups in total. The molecule has 0 bridgehead atoms. The Morgan fingerprint density at radius 3 is 2.06 bits per heavy atom. The van der Waals surface area contributed by atoms with Crippen LogP contribution in [0.2, 0.25) is 54.4 Å². The molecule has 4 heterocycles. The van der Waals surface area contributed by atoms with Crippen molar-refractivity contribution in [2.75, 3.05) is 11.9 Å². The van der Waals surface area contributed by atoms with E-state index < -0.39 is 37.1 Å². The molecule has 13 nitrogen and oxygen atoms in total. The number of hydrogen-bond donors (Lipinski definition) is 4. The first-order valence-corrected chi connectivity index (χ1v) is 28.1. The van der Waals surface area contributed by atoms with Crippen molar-refractivity contribution in [2.24, 2.45) is 11.8 Å². The molecule has 296 valence electrons. The third-order valence-electron chi connectivity index (χ3n) is 13.3. The number of ether oxygens (including phenoxy) is 1. The molecule has 0 spiro atoms. The molecule has 0 amide bonds. The summed E-state index contributed by atoms with van der Waals surface area (Å²) in [5, 5.41) is 16.9. The lowest BCUT2D eigenvalue weighted by Gasteiger charge is -2.43. The van der Waals surface area contributed by atoms with Crippen LogP contribution in [0.4, 0.5) is 5.82 Å². The summed E-state index contributed by atoms with van der Waals surface area (Å²) in [6.45, 7) is 28.4. The number of carboxylic acid groups (broad SMARTS) is 1. The van der Waals surface area contributed by atoms with Crippen molar-refractivity contribution in [3.8, 4) is 5.95 Å². The number of carboxylic acids is 1. The van der Waals surface area contributed by atoms with Crippen molar-refractivity contribution in [1.29, 1.82) is 0 Å². The van der Waals surface area contributed by atoms with Crippen LogP contribution in [0.1, 0.15) is 104 Å². The van der Waals surface area contributed by atoms with Gasteiger partial charge in [-0.2, -0.15) is 15.1 Å². The molecule has 4 atom stereocenters. The summed E-state index contributed by atoms with van der Waals surface area (Å²) in [6.07, 6.45) is 9.42. The Balaban J connectivity index is 1.68. The quantitative estimate of drug-likeness (QED) is 0.117. The van der Waals surface area contributed by atoms with Crippen LogP contribution in [-0.2, 0) is 9.16 Å². The Morgan fingerprint density at radius 1 is 0.943 bits per heavy atom. The van der Waals surface area contributed by atoms with Crippen molar-refractivity contribution in [2.45, 2.75) is 160 Å². The van der Waals surface area contributed by atoms with Crippen LogP contribution in [0.15, 0.2) is 18.7 Å². The number of rotatable bonds is 14. The van der Waals surface area contributed by atoms with Gasteiger partial charge in [0.05, 0.1) is 30.8 Å². The van der Waals surface area contributed by atoms with Gasteiger partial charge in [-0.3, -0.25) is 4.57 Å². The average Bonchev–Trinajstić information content (AvgIpc) is 3.82. The number of aromatic nitrogens is 6. The van der Waals surface area contributed by atoms with Crippen molar-refractivity contribution in [3.05, 3.63) is 24.3 Å². The highest BCUT2D eigenvalue weighted by Gasteiger charge is 2.54. The lowest BCUT2D eigenvalue weighted by molar-refractivity contribution is -0.0353. The maximum atomic E-state index is 11.8. The van der Waals surface area contributed by atoms with Gasteiger partial charge >= 0.3 is 5.97 Å². The van der Waals surface area contributed by atoms with Gasteiger partial charge < -0.3 is 29.2 Å². The van der Waals surface area contributed by atoms with Crippen LogP contribution < -0.4 is 5.32 Å². The molecule has 1 saturated heterocycles. The van der Waals surface area contributed by atoms with Crippen LogP contribution >= 0.6 is 0 Å². The molecule has 2 aliphatic rings. The van der Waals surface area contributed by atoms with Gasteiger partial charge in [0.25, 0.3) is 5.95 Å². The fraction of sp³-hybridized carbons (Fsp3) is 0.757. The molecule has 0 unspecified atom stereocenters. The molecule has 3 aromatic rings. The van der Waals surface area contributed by atoms with E-state index in [1.54, 1.807) is 6.33 Å². The van der Waals surface area contributed by atoms with Gasteiger partial charge in [-0.1, -0.05) is 61.3 Å². The monoisotopic (exact) mass is 787 g/mol. The Hall–Kier alpha value is -2.48. The van der Waals surface area contributed by atoms with Gasteiger partial charge in [-0.25, -0.2) is 14.5 Å². The first kappa shape index (κ1) is 41.7. The van der Waals surface area contributed by atoms with Crippen molar-refractivity contribution in [1.82, 2.24) is 29.3 Å². The molecule has 53 heavy (non-hydrogen) atoms. The van der Waals surface area contributed by atoms with Crippen LogP contribution in [0.5, 0.6) is 0 Å². The Bertz CT molecular complexity index is 1770. The fourth-order valence-corrected chi connectivity index (χ4v) is 9.61. The van der Waals surface area contributed by atoms with E-state index >= 15 is 0 Å². The van der Waals surface area contributed by atoms with Gasteiger partial charge in [-0.15, -0.1) is 0 Å². The largest absolute Gasteiger partial charge is 0.478 e. The summed E-state index contributed by atoms with van der Waals surface area (Å²) in [7, 11) is -7.46. The first-order valence-electron chi connectivity index (χ1n) is 19.3. The second-order valence-corrected chi connectivity index (χ2v) is 33.3. The highest BCUT2D eigenvalue weighted by atomic mass is 28.4. The predicted molar refractivity (Wildman–Crippen MR) is 216 cm³/mol. The van der Waals surface area contributed by atoms with Gasteiger partial charge in [0.1, 0.15) is 6.23 Å². The number of fused-ring (bicyclic) bond motifs is 1. The number of anilines is 1. The molecule has 16 heteroatoms. The zero-order chi connectivity index (χ0) is 39.5. The number of nitrogens with one attached hydrogen (secondary N) is 1. The van der Waals surface area contributed by atoms with E-state index in [1.807, 2.05) is 30.8 Å². The highest BCUT2D eigenvalue weighted by molar-refractivity contribution is 6.74. The third-order valence-corrected chi connectivity index (χ3v) is 24.9. The van der Waals surface area contributed by atoms with E-state index in [0.29, 0.717) is 30.0 Å². The number of nitrogens with zero attached hydrogens (tertiary/aromatic N) is 6. The minimum absolute atomic E-state index is 0.00611. The summed E-state index contributed by atoms with van der Waals surface area (Å²) in [5.41, 5.74) is 1.19. The summed E-state index contributed by atoms with van der Waals surface area (Å²) in [5.74, 6) is -0.368. The van der Waals surface area contributed by atoms with Crippen LogP contribution in [0.3, 0.4) is 0 Å². The average molecular weight is 788 g/mol. The lowest BCUT2D eigenvalue weighted by atomic mass is 9.78. The number of hydrogen-bond acceptors (Lipinski definition) is 10. The van der Waals surface area contributed by atoms with Crippen molar-refractivity contribution in [3.63, 3.8) is 0 Å². The SMILES string of the molecule is CC(C)(C[C@@H]1[C@H](CC(C)(C)[Si](C)(C)O)[C@@H](CO[Si](C)(C)C(C)(C)C)O[C@H]1n1cnc2c(NC3CCCC3)nc(-n3cc(C(=O)O)cn3)nc21)[Si](C)(C)O. The molecule has 1 saturated carbocycles. The van der Waals surface area contributed by atoms with Crippen LogP contribution in [0, 0.1) is 11.8 Å². The summed E-state index contributed by atoms with van der Waals surface area (Å²) >= 11 is 0. The maximum absolute atomic E-state index is 11.8. The molecule has 0 radical (unpaired) electrons. The van der Waals surface area contributed by atoms with E-state index in [0.717, 1.165) is 32.1 Å². The van der Waals surface area contributed by atoms with E-state index in [4.69, 9.17) is 24.1 Å². The van der Waals surface area contributed by atoms with E-state index in [1.165, 1.54) is 17.1 Å². The fourth-order valence-electron chi connectivity index (χ4n) is 7.12. The summed E-state index contributed by atoms with van der Waals surface area (Å²) in [6, 6.07) is 0.237. The zero-order valence-electron chi connectivity index (χ0n) is 34.3. The van der Waals surface area contributed by atoms with Gasteiger partial charge in [-0.05, 0) is 86.0 Å². The van der Waals surface area contributed by atoms with Gasteiger partial charge in [0.2, 0.25) is 0 Å². The Kier molecular flexibility index (Phi) is 11.4. The molecule has 2 fully saturated rings. The molecule has 3 aromatic heterocycles. The van der Waals surface area contributed by atoms with E-state index in [-0.39, 0.29) is 50.6 Å². The van der Waals surface area contributed by atoms with Crippen molar-refractivity contribution < 1.29 is 28.7 Å².